The van der Waals surface area contributed by atoms with Crippen LogP contribution in [0.2, 0.25) is 0 Å². The summed E-state index contributed by atoms with van der Waals surface area (Å²) in [7, 11) is 0. The van der Waals surface area contributed by atoms with Gasteiger partial charge >= 0.3 is 0 Å². The summed E-state index contributed by atoms with van der Waals surface area (Å²) in [5.41, 5.74) is 0. The van der Waals surface area contributed by atoms with E-state index in [1.807, 2.05) is 20.8 Å². The fourth-order valence-corrected chi connectivity index (χ4v) is 0.585. The number of carbonyl (C=O) groups excluding carboxylic acids is 1. The summed E-state index contributed by atoms with van der Waals surface area (Å²) in [4.78, 5) is 10.7. The van der Waals surface area contributed by atoms with Crippen LogP contribution in [0.15, 0.2) is 0 Å². The molecule has 0 fully saturated rings. The maximum atomic E-state index is 10.7. The zero-order valence-electron chi connectivity index (χ0n) is 7.02. The predicted molar refractivity (Wildman–Crippen MR) is 41.0 cm³/mol. The monoisotopic (exact) mass is 144 g/mol. The van der Waals surface area contributed by atoms with Crippen LogP contribution in [0.25, 0.3) is 0 Å². The molecular weight excluding hydrogens is 128 g/mol. The first kappa shape index (κ1) is 9.63. The van der Waals surface area contributed by atoms with Gasteiger partial charge in [-0.1, -0.05) is 6.92 Å². The predicted octanol–water partition coefficient (Wildman–Crippen LogP) is 1.78. The summed E-state index contributed by atoms with van der Waals surface area (Å²) in [5.74, 6) is 0.278. The van der Waals surface area contributed by atoms with E-state index in [-0.39, 0.29) is 11.9 Å². The number of carbonyl (C=O) groups is 1. The number of hydrogen-bond acceptors (Lipinski definition) is 2. The average molecular weight is 144 g/mol. The summed E-state index contributed by atoms with van der Waals surface area (Å²) < 4.78 is 5.19. The molecule has 60 valence electrons. The SMILES string of the molecule is CCC(=O)CCOC(C)C. The highest BCUT2D eigenvalue weighted by atomic mass is 16.5. The summed E-state index contributed by atoms with van der Waals surface area (Å²) in [6.45, 7) is 6.38. The standard InChI is InChI=1S/C8H16O2/c1-4-8(9)5-6-10-7(2)3/h7H,4-6H2,1-3H3. The van der Waals surface area contributed by atoms with Gasteiger partial charge in [0, 0.05) is 12.8 Å². The van der Waals surface area contributed by atoms with Crippen LogP contribution in [0.1, 0.15) is 33.6 Å². The molecule has 0 aliphatic rings. The Kier molecular flexibility index (Phi) is 5.22. The number of rotatable bonds is 5. The fraction of sp³-hybridized carbons (Fsp3) is 0.875. The van der Waals surface area contributed by atoms with Gasteiger partial charge in [-0.15, -0.1) is 0 Å². The Labute approximate surface area is 62.6 Å². The number of hydrogen-bond donors (Lipinski definition) is 0. The third-order valence-corrected chi connectivity index (χ3v) is 1.23. The van der Waals surface area contributed by atoms with Crippen LogP contribution < -0.4 is 0 Å². The van der Waals surface area contributed by atoms with Gasteiger partial charge in [-0.2, -0.15) is 0 Å². The largest absolute Gasteiger partial charge is 0.378 e. The van der Waals surface area contributed by atoms with Crippen molar-refractivity contribution in [3.8, 4) is 0 Å². The first-order chi connectivity index (χ1) is 4.66. The van der Waals surface area contributed by atoms with Crippen molar-refractivity contribution >= 4 is 5.78 Å². The van der Waals surface area contributed by atoms with Crippen molar-refractivity contribution in [2.24, 2.45) is 0 Å². The minimum Gasteiger partial charge on any atom is -0.378 e. The van der Waals surface area contributed by atoms with Crippen molar-refractivity contribution in [3.63, 3.8) is 0 Å². The van der Waals surface area contributed by atoms with Crippen LogP contribution in [0, 0.1) is 0 Å². The lowest BCUT2D eigenvalue weighted by atomic mass is 10.2. The third-order valence-electron chi connectivity index (χ3n) is 1.23. The van der Waals surface area contributed by atoms with Crippen LogP contribution in [0.3, 0.4) is 0 Å². The highest BCUT2D eigenvalue weighted by molar-refractivity contribution is 5.78. The Morgan fingerprint density at radius 2 is 2.10 bits per heavy atom. The van der Waals surface area contributed by atoms with Gasteiger partial charge < -0.3 is 4.74 Å². The van der Waals surface area contributed by atoms with Crippen molar-refractivity contribution in [1.29, 1.82) is 0 Å². The minimum absolute atomic E-state index is 0.240. The van der Waals surface area contributed by atoms with E-state index < -0.39 is 0 Å². The molecule has 0 aliphatic heterocycles. The van der Waals surface area contributed by atoms with Gasteiger partial charge in [-0.05, 0) is 13.8 Å². The van der Waals surface area contributed by atoms with E-state index in [4.69, 9.17) is 4.74 Å². The molecule has 0 heterocycles. The molecule has 0 spiro atoms. The number of Topliss-reactive ketones (excluding diaryl/α,β-unsaturated/α-hetero) is 1. The third kappa shape index (κ3) is 5.76. The molecule has 0 bridgehead atoms. The van der Waals surface area contributed by atoms with E-state index in [0.29, 0.717) is 19.4 Å². The highest BCUT2D eigenvalue weighted by Gasteiger charge is 1.98. The molecule has 0 atom stereocenters. The van der Waals surface area contributed by atoms with Crippen molar-refractivity contribution in [3.05, 3.63) is 0 Å². The first-order valence-electron chi connectivity index (χ1n) is 3.80. The second-order valence-electron chi connectivity index (χ2n) is 2.56. The van der Waals surface area contributed by atoms with Gasteiger partial charge in [-0.3, -0.25) is 4.79 Å². The van der Waals surface area contributed by atoms with Crippen molar-refractivity contribution in [2.75, 3.05) is 6.61 Å². The lowest BCUT2D eigenvalue weighted by Gasteiger charge is -2.05. The normalized spacial score (nSPS) is 10.4. The van der Waals surface area contributed by atoms with Crippen molar-refractivity contribution < 1.29 is 9.53 Å². The molecule has 2 nitrogen and oxygen atoms in total. The molecule has 0 saturated heterocycles. The molecule has 0 N–H and O–H groups in total. The second-order valence-corrected chi connectivity index (χ2v) is 2.56. The molecule has 0 aromatic heterocycles. The van der Waals surface area contributed by atoms with Gasteiger partial charge in [0.2, 0.25) is 0 Å². The fourth-order valence-electron chi connectivity index (χ4n) is 0.585. The molecule has 10 heavy (non-hydrogen) atoms. The van der Waals surface area contributed by atoms with E-state index in [9.17, 15) is 4.79 Å². The Morgan fingerprint density at radius 1 is 1.50 bits per heavy atom. The molecule has 0 aromatic carbocycles. The van der Waals surface area contributed by atoms with E-state index in [0.717, 1.165) is 0 Å². The molecule has 0 saturated carbocycles. The van der Waals surface area contributed by atoms with Crippen LogP contribution in [0.5, 0.6) is 0 Å². The first-order valence-corrected chi connectivity index (χ1v) is 3.80. The summed E-state index contributed by atoms with van der Waals surface area (Å²) in [6, 6.07) is 0. The average Bonchev–Trinajstić information content (AvgIpc) is 1.87. The van der Waals surface area contributed by atoms with Crippen molar-refractivity contribution in [2.45, 2.75) is 39.7 Å². The van der Waals surface area contributed by atoms with Gasteiger partial charge in [0.1, 0.15) is 5.78 Å². The summed E-state index contributed by atoms with van der Waals surface area (Å²) in [6.07, 6.45) is 1.43. The van der Waals surface area contributed by atoms with Gasteiger partial charge in [0.25, 0.3) is 0 Å². The number of ether oxygens (including phenoxy) is 1. The van der Waals surface area contributed by atoms with E-state index in [1.54, 1.807) is 0 Å². The molecule has 2 heteroatoms. The van der Waals surface area contributed by atoms with Gasteiger partial charge in [-0.25, -0.2) is 0 Å². The summed E-state index contributed by atoms with van der Waals surface area (Å²) >= 11 is 0. The van der Waals surface area contributed by atoms with E-state index in [2.05, 4.69) is 0 Å². The summed E-state index contributed by atoms with van der Waals surface area (Å²) in [5, 5.41) is 0. The maximum absolute atomic E-state index is 10.7. The maximum Gasteiger partial charge on any atom is 0.134 e. The molecule has 0 aromatic rings. The Morgan fingerprint density at radius 3 is 2.50 bits per heavy atom. The van der Waals surface area contributed by atoms with Crippen LogP contribution in [0.4, 0.5) is 0 Å². The Bertz CT molecular complexity index is 97.4. The van der Waals surface area contributed by atoms with Crippen molar-refractivity contribution in [1.82, 2.24) is 0 Å². The molecule has 0 aliphatic carbocycles. The minimum atomic E-state index is 0.240. The van der Waals surface area contributed by atoms with Crippen LogP contribution in [-0.2, 0) is 9.53 Å². The smallest absolute Gasteiger partial charge is 0.134 e. The van der Waals surface area contributed by atoms with Gasteiger partial charge in [0.05, 0.1) is 12.7 Å². The molecule has 0 amide bonds. The molecule has 0 rings (SSSR count). The quantitative estimate of drug-likeness (QED) is 0.588. The van der Waals surface area contributed by atoms with Crippen LogP contribution in [-0.4, -0.2) is 18.5 Å². The van der Waals surface area contributed by atoms with E-state index in [1.165, 1.54) is 0 Å². The lowest BCUT2D eigenvalue weighted by Crippen LogP contribution is -2.07. The Hall–Kier alpha value is -0.370. The van der Waals surface area contributed by atoms with Gasteiger partial charge in [0.15, 0.2) is 0 Å². The zero-order valence-corrected chi connectivity index (χ0v) is 7.02. The number of ketones is 1. The topological polar surface area (TPSA) is 26.3 Å². The molecule has 0 unspecified atom stereocenters. The Balaban J connectivity index is 3.12. The second kappa shape index (κ2) is 5.42. The zero-order chi connectivity index (χ0) is 7.98. The lowest BCUT2D eigenvalue weighted by molar-refractivity contribution is -0.120. The van der Waals surface area contributed by atoms with Crippen LogP contribution >= 0.6 is 0 Å². The highest BCUT2D eigenvalue weighted by Crippen LogP contribution is 1.93. The molecular formula is C8H16O2. The molecule has 0 radical (unpaired) electrons. The van der Waals surface area contributed by atoms with E-state index >= 15 is 0 Å².